The maximum Gasteiger partial charge on any atom is 0.266 e. The molecule has 4 nitrogen and oxygen atoms in total. The van der Waals surface area contributed by atoms with Crippen molar-refractivity contribution in [2.75, 3.05) is 16.6 Å². The summed E-state index contributed by atoms with van der Waals surface area (Å²) in [6.45, 7) is 0.494. The number of benzene rings is 2. The van der Waals surface area contributed by atoms with Gasteiger partial charge in [-0.2, -0.15) is 0 Å². The molecule has 0 aliphatic carbocycles. The van der Waals surface area contributed by atoms with E-state index in [-0.39, 0.29) is 4.90 Å². The van der Waals surface area contributed by atoms with Crippen molar-refractivity contribution in [3.8, 4) is 0 Å². The molecule has 1 aliphatic heterocycles. The monoisotopic (exact) mass is 302 g/mol. The van der Waals surface area contributed by atoms with Crippen LogP contribution in [-0.4, -0.2) is 15.0 Å². The summed E-state index contributed by atoms with van der Waals surface area (Å²) in [4.78, 5) is 0.182. The predicted molar refractivity (Wildman–Crippen MR) is 84.8 cm³/mol. The zero-order chi connectivity index (χ0) is 14.9. The first-order chi connectivity index (χ1) is 10.1. The second kappa shape index (κ2) is 5.41. The van der Waals surface area contributed by atoms with Gasteiger partial charge < -0.3 is 5.73 Å². The van der Waals surface area contributed by atoms with E-state index in [1.807, 2.05) is 24.3 Å². The normalized spacial score (nSPS) is 15.3. The van der Waals surface area contributed by atoms with Crippen LogP contribution in [0.3, 0.4) is 0 Å². The van der Waals surface area contributed by atoms with Crippen molar-refractivity contribution in [2.45, 2.75) is 24.2 Å². The van der Waals surface area contributed by atoms with Crippen LogP contribution in [0.5, 0.6) is 0 Å². The Hall–Kier alpha value is -2.01. The average molecular weight is 302 g/mol. The molecule has 0 amide bonds. The molecule has 1 heterocycles. The lowest BCUT2D eigenvalue weighted by Gasteiger charge is -2.25. The molecule has 0 spiro atoms. The predicted octanol–water partition coefficient (Wildman–Crippen LogP) is 2.80. The topological polar surface area (TPSA) is 63.4 Å². The highest BCUT2D eigenvalue weighted by Gasteiger charge is 2.29. The van der Waals surface area contributed by atoms with Crippen LogP contribution >= 0.6 is 0 Å². The fourth-order valence-corrected chi connectivity index (χ4v) is 4.40. The van der Waals surface area contributed by atoms with Crippen molar-refractivity contribution in [3.63, 3.8) is 0 Å². The Balaban J connectivity index is 2.13. The van der Waals surface area contributed by atoms with E-state index >= 15 is 0 Å². The zero-order valence-electron chi connectivity index (χ0n) is 11.7. The van der Waals surface area contributed by atoms with Gasteiger partial charge in [-0.3, -0.25) is 4.31 Å². The van der Waals surface area contributed by atoms with E-state index in [1.165, 1.54) is 4.31 Å². The molecular weight excluding hydrogens is 284 g/mol. The molecule has 2 aromatic rings. The minimum Gasteiger partial charge on any atom is -0.398 e. The number of anilines is 2. The number of para-hydroxylation sites is 2. The third-order valence-electron chi connectivity index (χ3n) is 3.80. The fraction of sp³-hybridized carbons (Fsp3) is 0.250. The second-order valence-corrected chi connectivity index (χ2v) is 7.03. The average Bonchev–Trinajstić information content (AvgIpc) is 2.70. The molecule has 0 atom stereocenters. The van der Waals surface area contributed by atoms with Crippen molar-refractivity contribution in [3.05, 3.63) is 54.1 Å². The molecule has 0 unspecified atom stereocenters. The van der Waals surface area contributed by atoms with Gasteiger partial charge in [-0.25, -0.2) is 8.42 Å². The number of nitrogens with two attached hydrogens (primary N) is 1. The largest absolute Gasteiger partial charge is 0.398 e. The Kier molecular flexibility index (Phi) is 3.59. The van der Waals surface area contributed by atoms with Gasteiger partial charge >= 0.3 is 0 Å². The minimum atomic E-state index is -3.62. The minimum absolute atomic E-state index is 0.182. The molecular formula is C16H18N2O2S. The Labute approximate surface area is 125 Å². The van der Waals surface area contributed by atoms with Crippen LogP contribution in [-0.2, 0) is 16.4 Å². The van der Waals surface area contributed by atoms with Crippen molar-refractivity contribution >= 4 is 21.4 Å². The quantitative estimate of drug-likeness (QED) is 0.868. The highest BCUT2D eigenvalue weighted by atomic mass is 32.2. The van der Waals surface area contributed by atoms with Crippen LogP contribution in [0, 0.1) is 0 Å². The Morgan fingerprint density at radius 3 is 2.48 bits per heavy atom. The Bertz CT molecular complexity index is 756. The number of nitrogen functional groups attached to an aromatic ring is 1. The van der Waals surface area contributed by atoms with Crippen molar-refractivity contribution < 1.29 is 8.42 Å². The smallest absolute Gasteiger partial charge is 0.266 e. The maximum absolute atomic E-state index is 13.0. The van der Waals surface area contributed by atoms with Gasteiger partial charge in [-0.05, 0) is 43.0 Å². The van der Waals surface area contributed by atoms with E-state index in [9.17, 15) is 8.42 Å². The summed E-state index contributed by atoms with van der Waals surface area (Å²) in [5, 5.41) is 0. The SMILES string of the molecule is Nc1ccccc1S(=O)(=O)N1CCCCc2ccccc21. The van der Waals surface area contributed by atoms with E-state index in [4.69, 9.17) is 5.73 Å². The maximum atomic E-state index is 13.0. The lowest BCUT2D eigenvalue weighted by atomic mass is 10.1. The fourth-order valence-electron chi connectivity index (χ4n) is 2.74. The van der Waals surface area contributed by atoms with Crippen LogP contribution in [0.25, 0.3) is 0 Å². The highest BCUT2D eigenvalue weighted by molar-refractivity contribution is 7.93. The van der Waals surface area contributed by atoms with Gasteiger partial charge in [0, 0.05) is 6.54 Å². The number of nitrogens with zero attached hydrogens (tertiary/aromatic N) is 1. The summed E-state index contributed by atoms with van der Waals surface area (Å²) in [7, 11) is -3.62. The molecule has 0 fully saturated rings. The molecule has 0 saturated carbocycles. The summed E-state index contributed by atoms with van der Waals surface area (Å²) < 4.78 is 27.4. The number of aryl methyl sites for hydroxylation is 1. The van der Waals surface area contributed by atoms with Crippen molar-refractivity contribution in [1.29, 1.82) is 0 Å². The number of sulfonamides is 1. The first kappa shape index (κ1) is 13.9. The van der Waals surface area contributed by atoms with Gasteiger partial charge in [0.2, 0.25) is 0 Å². The first-order valence-electron chi connectivity index (χ1n) is 7.06. The summed E-state index contributed by atoms with van der Waals surface area (Å²) in [6, 6.07) is 14.3. The molecule has 0 aromatic heterocycles. The summed E-state index contributed by atoms with van der Waals surface area (Å²) >= 11 is 0. The Morgan fingerprint density at radius 2 is 1.67 bits per heavy atom. The van der Waals surface area contributed by atoms with Crippen molar-refractivity contribution in [2.24, 2.45) is 0 Å². The van der Waals surface area contributed by atoms with E-state index in [2.05, 4.69) is 0 Å². The molecule has 0 saturated heterocycles. The van der Waals surface area contributed by atoms with E-state index in [1.54, 1.807) is 24.3 Å². The van der Waals surface area contributed by atoms with Gasteiger partial charge in [0.15, 0.2) is 0 Å². The van der Waals surface area contributed by atoms with Crippen LogP contribution in [0.15, 0.2) is 53.4 Å². The molecule has 2 aromatic carbocycles. The van der Waals surface area contributed by atoms with Gasteiger partial charge in [-0.15, -0.1) is 0 Å². The van der Waals surface area contributed by atoms with Crippen LogP contribution in [0.2, 0.25) is 0 Å². The van der Waals surface area contributed by atoms with Crippen LogP contribution in [0.4, 0.5) is 11.4 Å². The molecule has 21 heavy (non-hydrogen) atoms. The summed E-state index contributed by atoms with van der Waals surface area (Å²) in [6.07, 6.45) is 2.75. The number of hydrogen-bond acceptors (Lipinski definition) is 3. The van der Waals surface area contributed by atoms with Gasteiger partial charge in [0.05, 0.1) is 11.4 Å². The molecule has 110 valence electrons. The standard InChI is InChI=1S/C16H18N2O2S/c17-14-9-2-4-11-16(14)21(19,20)18-12-6-5-8-13-7-1-3-10-15(13)18/h1-4,7,9-11H,5-6,8,12,17H2. The molecule has 2 N–H and O–H groups in total. The van der Waals surface area contributed by atoms with Gasteiger partial charge in [0.25, 0.3) is 10.0 Å². The first-order valence-corrected chi connectivity index (χ1v) is 8.50. The lowest BCUT2D eigenvalue weighted by Crippen LogP contribution is -2.32. The number of rotatable bonds is 2. The van der Waals surface area contributed by atoms with Gasteiger partial charge in [0.1, 0.15) is 4.90 Å². The highest BCUT2D eigenvalue weighted by Crippen LogP contribution is 2.32. The molecule has 0 radical (unpaired) electrons. The summed E-state index contributed by atoms with van der Waals surface area (Å²) in [5.74, 6) is 0. The van der Waals surface area contributed by atoms with Crippen LogP contribution < -0.4 is 10.0 Å². The molecule has 0 bridgehead atoms. The van der Waals surface area contributed by atoms with Gasteiger partial charge in [-0.1, -0.05) is 30.3 Å². The number of hydrogen-bond donors (Lipinski definition) is 1. The second-order valence-electron chi connectivity index (χ2n) is 5.20. The Morgan fingerprint density at radius 1 is 0.952 bits per heavy atom. The van der Waals surface area contributed by atoms with Crippen molar-refractivity contribution in [1.82, 2.24) is 0 Å². The van der Waals surface area contributed by atoms with E-state index in [0.29, 0.717) is 12.2 Å². The third-order valence-corrected chi connectivity index (χ3v) is 5.69. The zero-order valence-corrected chi connectivity index (χ0v) is 12.5. The molecule has 1 aliphatic rings. The third kappa shape index (κ3) is 2.49. The summed E-state index contributed by atoms with van der Waals surface area (Å²) in [5.41, 5.74) is 8.01. The van der Waals surface area contributed by atoms with E-state index in [0.717, 1.165) is 30.5 Å². The number of fused-ring (bicyclic) bond motifs is 1. The molecule has 3 rings (SSSR count). The van der Waals surface area contributed by atoms with Crippen LogP contribution in [0.1, 0.15) is 18.4 Å². The lowest BCUT2D eigenvalue weighted by molar-refractivity contribution is 0.589. The molecule has 5 heteroatoms. The van der Waals surface area contributed by atoms with E-state index < -0.39 is 10.0 Å².